The van der Waals surface area contributed by atoms with Crippen LogP contribution in [0.25, 0.3) is 10.9 Å². The summed E-state index contributed by atoms with van der Waals surface area (Å²) in [6.45, 7) is 3.85. The topological polar surface area (TPSA) is 122 Å². The van der Waals surface area contributed by atoms with Gasteiger partial charge in [0.15, 0.2) is 5.69 Å². The molecular formula is C20H22ClF3N8O3. The number of ether oxygens (including phenoxy) is 1. The summed E-state index contributed by atoms with van der Waals surface area (Å²) in [7, 11) is 0. The summed E-state index contributed by atoms with van der Waals surface area (Å²) in [5, 5.41) is 9.05. The molecule has 188 valence electrons. The molecule has 0 radical (unpaired) electrons. The molecule has 1 saturated heterocycles. The van der Waals surface area contributed by atoms with Crippen LogP contribution in [0.15, 0.2) is 23.4 Å². The van der Waals surface area contributed by atoms with Crippen molar-refractivity contribution in [3.8, 4) is 0 Å². The Morgan fingerprint density at radius 3 is 2.54 bits per heavy atom. The fourth-order valence-corrected chi connectivity index (χ4v) is 3.90. The molecule has 1 aliphatic heterocycles. The number of hydrogen-bond donors (Lipinski definition) is 1. The smallest absolute Gasteiger partial charge is 0.379 e. The Labute approximate surface area is 201 Å². The molecular weight excluding hydrogens is 493 g/mol. The number of H-pyrrole nitrogens is 1. The van der Waals surface area contributed by atoms with Crippen molar-refractivity contribution >= 4 is 34.4 Å². The number of rotatable bonds is 7. The highest BCUT2D eigenvalue weighted by Gasteiger charge is 2.38. The van der Waals surface area contributed by atoms with E-state index in [1.54, 1.807) is 11.8 Å². The van der Waals surface area contributed by atoms with Gasteiger partial charge >= 0.3 is 6.18 Å². The Hall–Kier alpha value is -3.26. The van der Waals surface area contributed by atoms with Crippen LogP contribution in [0, 0.1) is 0 Å². The number of amides is 1. The summed E-state index contributed by atoms with van der Waals surface area (Å²) in [5.74, 6) is 0.463. The minimum absolute atomic E-state index is 0.00413. The lowest BCUT2D eigenvalue weighted by Crippen LogP contribution is -2.49. The second-order valence-electron chi connectivity index (χ2n) is 7.99. The molecule has 3 aromatic rings. The van der Waals surface area contributed by atoms with Crippen molar-refractivity contribution in [3.05, 3.63) is 39.7 Å². The number of carbonyl (C=O) groups is 1. The number of piperazine rings is 1. The lowest BCUT2D eigenvalue weighted by Gasteiger charge is -2.34. The third-order valence-electron chi connectivity index (χ3n) is 5.55. The minimum atomic E-state index is -4.80. The van der Waals surface area contributed by atoms with Crippen LogP contribution in [0.5, 0.6) is 0 Å². The highest BCUT2D eigenvalue weighted by atomic mass is 35.5. The molecule has 1 unspecified atom stereocenters. The summed E-state index contributed by atoms with van der Waals surface area (Å²) < 4.78 is 46.7. The van der Waals surface area contributed by atoms with E-state index in [0.29, 0.717) is 37.1 Å². The highest BCUT2D eigenvalue weighted by Crippen LogP contribution is 2.33. The number of nitrogens with zero attached hydrogens (tertiary/aromatic N) is 7. The average molecular weight is 515 g/mol. The maximum atomic E-state index is 13.3. The molecule has 1 atom stereocenters. The van der Waals surface area contributed by atoms with Crippen molar-refractivity contribution in [3.63, 3.8) is 0 Å². The number of fused-ring (bicyclic) bond motifs is 1. The van der Waals surface area contributed by atoms with Crippen LogP contribution in [0.4, 0.5) is 19.1 Å². The number of hydrogen-bond acceptors (Lipinski definition) is 8. The Bertz CT molecular complexity index is 1240. The summed E-state index contributed by atoms with van der Waals surface area (Å²) in [5.41, 5.74) is -2.29. The molecule has 0 saturated carbocycles. The first-order valence-corrected chi connectivity index (χ1v) is 11.1. The monoisotopic (exact) mass is 514 g/mol. The van der Waals surface area contributed by atoms with E-state index >= 15 is 0 Å². The van der Waals surface area contributed by atoms with Gasteiger partial charge in [0.25, 0.3) is 5.56 Å². The summed E-state index contributed by atoms with van der Waals surface area (Å²) in [6, 6.07) is -0.629. The normalized spacial score (nSPS) is 15.6. The molecule has 0 spiro atoms. The first-order valence-electron chi connectivity index (χ1n) is 10.8. The molecule has 3 aromatic heterocycles. The van der Waals surface area contributed by atoms with E-state index in [0.717, 1.165) is 10.9 Å². The Kier molecular flexibility index (Phi) is 7.21. The van der Waals surface area contributed by atoms with Crippen LogP contribution in [-0.4, -0.2) is 80.1 Å². The fourth-order valence-electron chi connectivity index (χ4n) is 3.80. The standard InChI is InChI=1S/C20H22ClF3N8O3/c1-12(32-14-10-27-28-18(34)16(14)17(29-32)20(22,23)24)11-35-7-2-15(33)30-3-5-31(6-4-30)19-25-8-13(21)9-26-19/h8-10,12H,2-7,11H2,1H3,(H,28,34). The van der Waals surface area contributed by atoms with Gasteiger partial charge in [0, 0.05) is 26.2 Å². The number of halogens is 4. The molecule has 1 fully saturated rings. The number of nitrogens with one attached hydrogen (secondary N) is 1. The van der Waals surface area contributed by atoms with E-state index in [-0.39, 0.29) is 31.1 Å². The van der Waals surface area contributed by atoms with Crippen LogP contribution in [0.1, 0.15) is 25.1 Å². The van der Waals surface area contributed by atoms with E-state index in [1.165, 1.54) is 12.4 Å². The Balaban J connectivity index is 1.28. The quantitative estimate of drug-likeness (QED) is 0.474. The number of aromatic nitrogens is 6. The van der Waals surface area contributed by atoms with E-state index in [2.05, 4.69) is 20.2 Å². The predicted molar refractivity (Wildman–Crippen MR) is 119 cm³/mol. The Morgan fingerprint density at radius 1 is 1.20 bits per heavy atom. The lowest BCUT2D eigenvalue weighted by molar-refractivity contribution is -0.140. The van der Waals surface area contributed by atoms with Crippen LogP contribution in [0.3, 0.4) is 0 Å². The van der Waals surface area contributed by atoms with Crippen molar-refractivity contribution in [2.75, 3.05) is 44.3 Å². The van der Waals surface area contributed by atoms with Gasteiger partial charge in [0.1, 0.15) is 5.39 Å². The molecule has 1 N–H and O–H groups in total. The predicted octanol–water partition coefficient (Wildman–Crippen LogP) is 1.90. The molecule has 15 heteroatoms. The first kappa shape index (κ1) is 24.9. The van der Waals surface area contributed by atoms with Crippen molar-refractivity contribution in [1.82, 2.24) is 34.8 Å². The molecule has 0 bridgehead atoms. The third kappa shape index (κ3) is 5.53. The number of carbonyl (C=O) groups excluding carboxylic acids is 1. The van der Waals surface area contributed by atoms with Crippen molar-refractivity contribution in [2.45, 2.75) is 25.6 Å². The molecule has 11 nitrogen and oxygen atoms in total. The van der Waals surface area contributed by atoms with Crippen molar-refractivity contribution in [2.24, 2.45) is 0 Å². The second-order valence-corrected chi connectivity index (χ2v) is 8.43. The first-order chi connectivity index (χ1) is 16.6. The van der Waals surface area contributed by atoms with Crippen LogP contribution in [0.2, 0.25) is 5.02 Å². The summed E-state index contributed by atoms with van der Waals surface area (Å²) >= 11 is 5.81. The average Bonchev–Trinajstić information content (AvgIpc) is 3.24. The molecule has 35 heavy (non-hydrogen) atoms. The van der Waals surface area contributed by atoms with Gasteiger partial charge in [-0.25, -0.2) is 15.1 Å². The van der Waals surface area contributed by atoms with Crippen LogP contribution < -0.4 is 10.5 Å². The number of alkyl halides is 3. The van der Waals surface area contributed by atoms with Gasteiger partial charge < -0.3 is 14.5 Å². The van der Waals surface area contributed by atoms with E-state index in [1.807, 2.05) is 10.00 Å². The van der Waals surface area contributed by atoms with E-state index in [9.17, 15) is 22.8 Å². The Morgan fingerprint density at radius 2 is 1.89 bits per heavy atom. The van der Waals surface area contributed by atoms with Crippen LogP contribution >= 0.6 is 11.6 Å². The lowest BCUT2D eigenvalue weighted by atomic mass is 10.2. The highest BCUT2D eigenvalue weighted by molar-refractivity contribution is 6.30. The maximum absolute atomic E-state index is 13.3. The summed E-state index contributed by atoms with van der Waals surface area (Å²) in [4.78, 5) is 36.5. The molecule has 1 aliphatic rings. The van der Waals surface area contributed by atoms with Gasteiger partial charge in [-0.3, -0.25) is 14.3 Å². The van der Waals surface area contributed by atoms with Gasteiger partial charge in [0.2, 0.25) is 11.9 Å². The zero-order chi connectivity index (χ0) is 25.2. The van der Waals surface area contributed by atoms with Crippen molar-refractivity contribution in [1.29, 1.82) is 0 Å². The second kappa shape index (κ2) is 10.2. The van der Waals surface area contributed by atoms with Gasteiger partial charge in [-0.1, -0.05) is 11.6 Å². The molecule has 4 rings (SSSR count). The van der Waals surface area contributed by atoms with Crippen molar-refractivity contribution < 1.29 is 22.7 Å². The van der Waals surface area contributed by atoms with Gasteiger partial charge in [-0.05, 0) is 6.92 Å². The molecule has 0 aliphatic carbocycles. The zero-order valence-corrected chi connectivity index (χ0v) is 19.4. The largest absolute Gasteiger partial charge is 0.435 e. The minimum Gasteiger partial charge on any atom is -0.379 e. The summed E-state index contributed by atoms with van der Waals surface area (Å²) in [6.07, 6.45) is -0.518. The van der Waals surface area contributed by atoms with E-state index < -0.39 is 28.9 Å². The number of aromatic amines is 1. The van der Waals surface area contributed by atoms with Gasteiger partial charge in [-0.15, -0.1) is 0 Å². The molecule has 4 heterocycles. The third-order valence-corrected chi connectivity index (χ3v) is 5.75. The SMILES string of the molecule is CC(COCCC(=O)N1CCN(c2ncc(Cl)cn2)CC1)n1nc(C(F)(F)F)c2c(=O)[nH]ncc21. The maximum Gasteiger partial charge on any atom is 0.435 e. The van der Waals surface area contributed by atoms with Gasteiger partial charge in [-0.2, -0.15) is 23.4 Å². The zero-order valence-electron chi connectivity index (χ0n) is 18.6. The van der Waals surface area contributed by atoms with Crippen LogP contribution in [-0.2, 0) is 15.7 Å². The molecule has 0 aromatic carbocycles. The fraction of sp³-hybridized carbons (Fsp3) is 0.500. The van der Waals surface area contributed by atoms with Gasteiger partial charge in [0.05, 0.1) is 54.8 Å². The molecule has 1 amide bonds. The number of anilines is 1. The van der Waals surface area contributed by atoms with E-state index in [4.69, 9.17) is 16.3 Å².